The lowest BCUT2D eigenvalue weighted by Gasteiger charge is -2.19. The number of ether oxygens (including phenoxy) is 2. The SMILES string of the molecule is CCNC(=NCc1ccc(OCCOC)nc1)NCC1(c2cccc(Cl)c2)CC1.I. The Hall–Kier alpha value is -1.58. The lowest BCUT2D eigenvalue weighted by atomic mass is 9.96. The van der Waals surface area contributed by atoms with Crippen molar-refractivity contribution >= 4 is 41.5 Å². The van der Waals surface area contributed by atoms with Crippen molar-refractivity contribution in [3.8, 4) is 5.88 Å². The molecular formula is C22H30ClIN4O2. The number of aromatic nitrogens is 1. The summed E-state index contributed by atoms with van der Waals surface area (Å²) in [6.45, 7) is 5.29. The number of aliphatic imine (C=N–C) groups is 1. The van der Waals surface area contributed by atoms with Gasteiger partial charge in [0.15, 0.2) is 5.96 Å². The zero-order valence-electron chi connectivity index (χ0n) is 17.5. The quantitative estimate of drug-likeness (QED) is 0.203. The number of nitrogens with one attached hydrogen (secondary N) is 2. The number of hydrogen-bond acceptors (Lipinski definition) is 4. The van der Waals surface area contributed by atoms with E-state index < -0.39 is 0 Å². The second-order valence-electron chi connectivity index (χ2n) is 7.19. The first-order valence-corrected chi connectivity index (χ1v) is 10.4. The maximum absolute atomic E-state index is 6.18. The van der Waals surface area contributed by atoms with E-state index in [4.69, 9.17) is 26.1 Å². The molecule has 1 fully saturated rings. The number of methoxy groups -OCH3 is 1. The van der Waals surface area contributed by atoms with Gasteiger partial charge in [0.25, 0.3) is 0 Å². The fourth-order valence-electron chi connectivity index (χ4n) is 3.12. The molecule has 1 saturated carbocycles. The van der Waals surface area contributed by atoms with Crippen molar-refractivity contribution in [2.24, 2.45) is 4.99 Å². The summed E-state index contributed by atoms with van der Waals surface area (Å²) in [7, 11) is 1.65. The number of pyridine rings is 1. The molecule has 0 saturated heterocycles. The van der Waals surface area contributed by atoms with E-state index in [-0.39, 0.29) is 29.4 Å². The van der Waals surface area contributed by atoms with Gasteiger partial charge in [0.05, 0.1) is 13.2 Å². The average molecular weight is 545 g/mol. The summed E-state index contributed by atoms with van der Waals surface area (Å²) in [5.74, 6) is 1.40. The highest BCUT2D eigenvalue weighted by Gasteiger charge is 2.44. The van der Waals surface area contributed by atoms with Crippen molar-refractivity contribution in [1.82, 2.24) is 15.6 Å². The lowest BCUT2D eigenvalue weighted by Crippen LogP contribution is -2.41. The summed E-state index contributed by atoms with van der Waals surface area (Å²) in [4.78, 5) is 9.02. The topological polar surface area (TPSA) is 67.8 Å². The van der Waals surface area contributed by atoms with Crippen LogP contribution in [0.2, 0.25) is 5.02 Å². The van der Waals surface area contributed by atoms with Crippen molar-refractivity contribution in [1.29, 1.82) is 0 Å². The minimum absolute atomic E-state index is 0. The van der Waals surface area contributed by atoms with Gasteiger partial charge in [-0.15, -0.1) is 24.0 Å². The fourth-order valence-corrected chi connectivity index (χ4v) is 3.31. The Bertz CT molecular complexity index is 813. The number of guanidine groups is 1. The van der Waals surface area contributed by atoms with E-state index in [1.807, 2.05) is 24.3 Å². The van der Waals surface area contributed by atoms with E-state index in [2.05, 4.69) is 34.7 Å². The van der Waals surface area contributed by atoms with Gasteiger partial charge in [-0.3, -0.25) is 0 Å². The molecule has 0 bridgehead atoms. The van der Waals surface area contributed by atoms with Gasteiger partial charge < -0.3 is 20.1 Å². The molecule has 30 heavy (non-hydrogen) atoms. The Morgan fingerprint density at radius 3 is 2.67 bits per heavy atom. The van der Waals surface area contributed by atoms with Gasteiger partial charge in [-0.1, -0.05) is 29.8 Å². The predicted molar refractivity (Wildman–Crippen MR) is 132 cm³/mol. The first kappa shape index (κ1) is 24.7. The summed E-state index contributed by atoms with van der Waals surface area (Å²) < 4.78 is 10.5. The van der Waals surface area contributed by atoms with E-state index >= 15 is 0 Å². The predicted octanol–water partition coefficient (Wildman–Crippen LogP) is 4.17. The number of benzene rings is 1. The summed E-state index contributed by atoms with van der Waals surface area (Å²) >= 11 is 6.18. The molecule has 1 aromatic carbocycles. The number of halogens is 2. The molecule has 0 spiro atoms. The third kappa shape index (κ3) is 7.28. The molecule has 164 valence electrons. The van der Waals surface area contributed by atoms with Crippen LogP contribution in [0.25, 0.3) is 0 Å². The molecule has 2 aromatic rings. The number of hydrogen-bond donors (Lipinski definition) is 2. The van der Waals surface area contributed by atoms with Crippen molar-refractivity contribution in [2.45, 2.75) is 31.7 Å². The van der Waals surface area contributed by atoms with E-state index in [0.29, 0.717) is 25.6 Å². The van der Waals surface area contributed by atoms with Gasteiger partial charge in [-0.25, -0.2) is 9.98 Å². The van der Waals surface area contributed by atoms with Gasteiger partial charge >= 0.3 is 0 Å². The van der Waals surface area contributed by atoms with Crippen LogP contribution < -0.4 is 15.4 Å². The van der Waals surface area contributed by atoms with E-state index in [0.717, 1.165) is 42.5 Å². The summed E-state index contributed by atoms with van der Waals surface area (Å²) in [6, 6.07) is 12.0. The maximum atomic E-state index is 6.18. The van der Waals surface area contributed by atoms with Gasteiger partial charge in [0.1, 0.15) is 6.61 Å². The Kier molecular flexibility index (Phi) is 10.1. The molecule has 0 radical (unpaired) electrons. The largest absolute Gasteiger partial charge is 0.475 e. The molecule has 3 rings (SSSR count). The zero-order valence-corrected chi connectivity index (χ0v) is 20.6. The van der Waals surface area contributed by atoms with Crippen LogP contribution in [0.3, 0.4) is 0 Å². The van der Waals surface area contributed by atoms with Crippen molar-refractivity contribution in [2.75, 3.05) is 33.4 Å². The maximum Gasteiger partial charge on any atom is 0.213 e. The smallest absolute Gasteiger partial charge is 0.213 e. The van der Waals surface area contributed by atoms with Crippen molar-refractivity contribution in [3.05, 3.63) is 58.7 Å². The first-order valence-electron chi connectivity index (χ1n) is 10.00. The normalized spacial score (nSPS) is 14.6. The Labute approximate surface area is 200 Å². The summed E-state index contributed by atoms with van der Waals surface area (Å²) in [5, 5.41) is 7.60. The highest BCUT2D eigenvalue weighted by molar-refractivity contribution is 14.0. The van der Waals surface area contributed by atoms with Crippen LogP contribution in [-0.2, 0) is 16.7 Å². The molecule has 0 atom stereocenters. The Morgan fingerprint density at radius 1 is 1.20 bits per heavy atom. The van der Waals surface area contributed by atoms with Gasteiger partial charge in [-0.2, -0.15) is 0 Å². The highest BCUT2D eigenvalue weighted by Crippen LogP contribution is 2.48. The summed E-state index contributed by atoms with van der Waals surface area (Å²) in [5.41, 5.74) is 2.47. The minimum Gasteiger partial charge on any atom is -0.475 e. The molecule has 0 unspecified atom stereocenters. The first-order chi connectivity index (χ1) is 14.1. The Balaban J connectivity index is 0.00000320. The molecule has 1 aliphatic rings. The third-order valence-corrected chi connectivity index (χ3v) is 5.22. The zero-order chi connectivity index (χ0) is 20.5. The molecule has 0 amide bonds. The minimum atomic E-state index is 0. The molecule has 6 nitrogen and oxygen atoms in total. The van der Waals surface area contributed by atoms with E-state index in [9.17, 15) is 0 Å². The number of nitrogens with zero attached hydrogens (tertiary/aromatic N) is 2. The standard InChI is InChI=1S/C22H29ClN4O2.HI/c1-3-24-21(26-15-17-7-8-20(25-14-17)29-12-11-28-2)27-16-22(9-10-22)18-5-4-6-19(23)13-18;/h4-8,13-14H,3,9-12,15-16H2,1-2H3,(H2,24,26,27);1H. The van der Waals surface area contributed by atoms with Gasteiger partial charge in [-0.05, 0) is 43.0 Å². The van der Waals surface area contributed by atoms with Crippen LogP contribution in [0.5, 0.6) is 5.88 Å². The van der Waals surface area contributed by atoms with Crippen LogP contribution in [0.15, 0.2) is 47.6 Å². The molecule has 1 heterocycles. The second-order valence-corrected chi connectivity index (χ2v) is 7.62. The molecule has 1 aliphatic carbocycles. The lowest BCUT2D eigenvalue weighted by molar-refractivity contribution is 0.143. The Morgan fingerprint density at radius 2 is 2.03 bits per heavy atom. The molecule has 8 heteroatoms. The summed E-state index contributed by atoms with van der Waals surface area (Å²) in [6.07, 6.45) is 4.12. The van der Waals surface area contributed by atoms with Crippen LogP contribution in [0, 0.1) is 0 Å². The van der Waals surface area contributed by atoms with Crippen LogP contribution in [0.1, 0.15) is 30.9 Å². The van der Waals surface area contributed by atoms with Gasteiger partial charge in [0.2, 0.25) is 5.88 Å². The fraction of sp³-hybridized carbons (Fsp3) is 0.455. The second kappa shape index (κ2) is 12.3. The van der Waals surface area contributed by atoms with Crippen LogP contribution in [-0.4, -0.2) is 44.4 Å². The monoisotopic (exact) mass is 544 g/mol. The van der Waals surface area contributed by atoms with E-state index in [1.54, 1.807) is 13.3 Å². The number of rotatable bonds is 10. The van der Waals surface area contributed by atoms with Crippen LogP contribution >= 0.6 is 35.6 Å². The van der Waals surface area contributed by atoms with Crippen LogP contribution in [0.4, 0.5) is 0 Å². The molecule has 2 N–H and O–H groups in total. The van der Waals surface area contributed by atoms with E-state index in [1.165, 1.54) is 5.56 Å². The average Bonchev–Trinajstić information content (AvgIpc) is 3.52. The molecule has 1 aromatic heterocycles. The van der Waals surface area contributed by atoms with Gasteiger partial charge in [0, 0.05) is 42.9 Å². The molecule has 0 aliphatic heterocycles. The highest BCUT2D eigenvalue weighted by atomic mass is 127. The third-order valence-electron chi connectivity index (χ3n) is 4.98. The molecular weight excluding hydrogens is 515 g/mol. The van der Waals surface area contributed by atoms with Crippen molar-refractivity contribution < 1.29 is 9.47 Å². The van der Waals surface area contributed by atoms with Crippen molar-refractivity contribution in [3.63, 3.8) is 0 Å².